The molecule has 2 atom stereocenters. The molecule has 3 heteroatoms. The maximum atomic E-state index is 10.9. The van der Waals surface area contributed by atoms with Crippen LogP contribution in [0.1, 0.15) is 24.6 Å². The van der Waals surface area contributed by atoms with Gasteiger partial charge in [0.25, 0.3) is 0 Å². The van der Waals surface area contributed by atoms with E-state index in [-0.39, 0.29) is 17.3 Å². The number of carboxylic acid groups (broad SMARTS) is 1. The highest BCUT2D eigenvalue weighted by atomic mass is 32.1. The Bertz CT molecular complexity index is 327. The number of hydrogen-bond acceptors (Lipinski definition) is 2. The van der Waals surface area contributed by atoms with Crippen LogP contribution in [-0.2, 0) is 4.79 Å². The van der Waals surface area contributed by atoms with Crippen LogP contribution < -0.4 is 0 Å². The van der Waals surface area contributed by atoms with Gasteiger partial charge in [-0.05, 0) is 16.9 Å². The normalized spacial score (nSPS) is 30.0. The molecule has 1 aliphatic carbocycles. The standard InChI is InChI=1S/C10H12O2S/c1-10(2)7(8(10)9(11)12)6-4-3-5-13-6/h3-5,7-8H,1-2H3,(H,11,12)/t7-,8+/m1/s1. The van der Waals surface area contributed by atoms with Gasteiger partial charge in [0, 0.05) is 10.8 Å². The van der Waals surface area contributed by atoms with E-state index in [2.05, 4.69) is 0 Å². The average Bonchev–Trinajstić information content (AvgIpc) is 2.50. The van der Waals surface area contributed by atoms with Gasteiger partial charge in [-0.15, -0.1) is 11.3 Å². The molecule has 0 bridgehead atoms. The highest BCUT2D eigenvalue weighted by molar-refractivity contribution is 7.10. The number of carbonyl (C=O) groups is 1. The van der Waals surface area contributed by atoms with E-state index in [0.29, 0.717) is 0 Å². The summed E-state index contributed by atoms with van der Waals surface area (Å²) < 4.78 is 0. The monoisotopic (exact) mass is 196 g/mol. The molecule has 1 fully saturated rings. The predicted molar refractivity (Wildman–Crippen MR) is 52.0 cm³/mol. The molecule has 0 saturated heterocycles. The molecule has 1 aromatic heterocycles. The van der Waals surface area contributed by atoms with Crippen molar-refractivity contribution in [3.8, 4) is 0 Å². The second-order valence-electron chi connectivity index (χ2n) is 4.13. The Morgan fingerprint density at radius 3 is 2.69 bits per heavy atom. The summed E-state index contributed by atoms with van der Waals surface area (Å²) in [6.45, 7) is 4.05. The van der Waals surface area contributed by atoms with E-state index >= 15 is 0 Å². The number of carboxylic acids is 1. The molecule has 0 radical (unpaired) electrons. The molecule has 2 nitrogen and oxygen atoms in total. The summed E-state index contributed by atoms with van der Waals surface area (Å²) in [5.74, 6) is -0.625. The Hall–Kier alpha value is -0.830. The predicted octanol–water partition coefficient (Wildman–Crippen LogP) is 2.57. The van der Waals surface area contributed by atoms with Crippen LogP contribution in [-0.4, -0.2) is 11.1 Å². The number of hydrogen-bond donors (Lipinski definition) is 1. The first-order valence-corrected chi connectivity index (χ1v) is 5.19. The van der Waals surface area contributed by atoms with Crippen LogP contribution >= 0.6 is 11.3 Å². The fourth-order valence-electron chi connectivity index (χ4n) is 2.10. The zero-order valence-electron chi connectivity index (χ0n) is 7.65. The van der Waals surface area contributed by atoms with Gasteiger partial charge in [-0.1, -0.05) is 19.9 Å². The van der Waals surface area contributed by atoms with E-state index < -0.39 is 5.97 Å². The first kappa shape index (κ1) is 8.75. The summed E-state index contributed by atoms with van der Waals surface area (Å²) in [4.78, 5) is 12.1. The van der Waals surface area contributed by atoms with E-state index in [1.165, 1.54) is 4.88 Å². The van der Waals surface area contributed by atoms with Crippen molar-refractivity contribution in [2.75, 3.05) is 0 Å². The third kappa shape index (κ3) is 1.18. The lowest BCUT2D eigenvalue weighted by Crippen LogP contribution is -2.02. The van der Waals surface area contributed by atoms with Crippen molar-refractivity contribution in [1.82, 2.24) is 0 Å². The highest BCUT2D eigenvalue weighted by Crippen LogP contribution is 2.65. The van der Waals surface area contributed by atoms with Crippen LogP contribution in [0.15, 0.2) is 17.5 Å². The number of aliphatic carboxylic acids is 1. The first-order chi connectivity index (χ1) is 6.05. The van der Waals surface area contributed by atoms with Crippen molar-refractivity contribution >= 4 is 17.3 Å². The molecule has 0 aromatic carbocycles. The summed E-state index contributed by atoms with van der Waals surface area (Å²) in [7, 11) is 0. The Morgan fingerprint density at radius 2 is 2.31 bits per heavy atom. The molecule has 0 spiro atoms. The van der Waals surface area contributed by atoms with Gasteiger partial charge in [0.2, 0.25) is 0 Å². The zero-order valence-corrected chi connectivity index (χ0v) is 8.47. The van der Waals surface area contributed by atoms with Crippen LogP contribution in [0.25, 0.3) is 0 Å². The fraction of sp³-hybridized carbons (Fsp3) is 0.500. The van der Waals surface area contributed by atoms with Crippen molar-refractivity contribution in [3.05, 3.63) is 22.4 Å². The molecule has 2 rings (SSSR count). The van der Waals surface area contributed by atoms with E-state index in [1.807, 2.05) is 31.4 Å². The van der Waals surface area contributed by atoms with Crippen molar-refractivity contribution in [1.29, 1.82) is 0 Å². The lowest BCUT2D eigenvalue weighted by Gasteiger charge is -1.97. The largest absolute Gasteiger partial charge is 0.481 e. The second kappa shape index (κ2) is 2.58. The van der Waals surface area contributed by atoms with E-state index in [0.717, 1.165) is 0 Å². The van der Waals surface area contributed by atoms with Gasteiger partial charge in [0.05, 0.1) is 5.92 Å². The van der Waals surface area contributed by atoms with Crippen LogP contribution in [0.2, 0.25) is 0 Å². The van der Waals surface area contributed by atoms with Crippen molar-refractivity contribution < 1.29 is 9.90 Å². The van der Waals surface area contributed by atoms with Gasteiger partial charge in [-0.3, -0.25) is 4.79 Å². The molecule has 0 unspecified atom stereocenters. The summed E-state index contributed by atoms with van der Waals surface area (Å²) in [6, 6.07) is 4.01. The molecular weight excluding hydrogens is 184 g/mol. The van der Waals surface area contributed by atoms with Gasteiger partial charge < -0.3 is 5.11 Å². The van der Waals surface area contributed by atoms with Gasteiger partial charge >= 0.3 is 5.97 Å². The summed E-state index contributed by atoms with van der Waals surface area (Å²) >= 11 is 1.65. The molecule has 1 aliphatic rings. The zero-order chi connectivity index (χ0) is 9.64. The molecular formula is C10H12O2S. The molecule has 13 heavy (non-hydrogen) atoms. The number of thiophene rings is 1. The third-order valence-corrected chi connectivity index (χ3v) is 3.90. The smallest absolute Gasteiger partial charge is 0.307 e. The van der Waals surface area contributed by atoms with Crippen LogP contribution in [0, 0.1) is 11.3 Å². The molecule has 1 aromatic rings. The van der Waals surface area contributed by atoms with Crippen molar-refractivity contribution in [2.24, 2.45) is 11.3 Å². The molecule has 0 aliphatic heterocycles. The molecule has 70 valence electrons. The van der Waals surface area contributed by atoms with E-state index in [1.54, 1.807) is 11.3 Å². The van der Waals surface area contributed by atoms with Crippen LogP contribution in [0.5, 0.6) is 0 Å². The Balaban J connectivity index is 2.25. The van der Waals surface area contributed by atoms with Crippen molar-refractivity contribution in [2.45, 2.75) is 19.8 Å². The lowest BCUT2D eigenvalue weighted by molar-refractivity contribution is -0.139. The minimum absolute atomic E-state index is 0.0588. The number of rotatable bonds is 2. The molecule has 1 N–H and O–H groups in total. The quantitative estimate of drug-likeness (QED) is 0.789. The van der Waals surface area contributed by atoms with Crippen LogP contribution in [0.4, 0.5) is 0 Å². The Kier molecular flexibility index (Phi) is 1.74. The van der Waals surface area contributed by atoms with E-state index in [9.17, 15) is 4.79 Å². The first-order valence-electron chi connectivity index (χ1n) is 4.31. The third-order valence-electron chi connectivity index (χ3n) is 2.94. The van der Waals surface area contributed by atoms with Gasteiger partial charge in [0.1, 0.15) is 0 Å². The molecule has 0 amide bonds. The van der Waals surface area contributed by atoms with Gasteiger partial charge in [-0.25, -0.2) is 0 Å². The van der Waals surface area contributed by atoms with Gasteiger partial charge in [0.15, 0.2) is 0 Å². The van der Waals surface area contributed by atoms with E-state index in [4.69, 9.17) is 5.11 Å². The molecule has 1 saturated carbocycles. The summed E-state index contributed by atoms with van der Waals surface area (Å²) in [5.41, 5.74) is -0.0588. The van der Waals surface area contributed by atoms with Gasteiger partial charge in [-0.2, -0.15) is 0 Å². The van der Waals surface area contributed by atoms with Crippen LogP contribution in [0.3, 0.4) is 0 Å². The Morgan fingerprint density at radius 1 is 1.62 bits per heavy atom. The topological polar surface area (TPSA) is 37.3 Å². The minimum atomic E-state index is -0.664. The summed E-state index contributed by atoms with van der Waals surface area (Å²) in [6.07, 6.45) is 0. The fourth-order valence-corrected chi connectivity index (χ4v) is 3.16. The molecule has 1 heterocycles. The maximum Gasteiger partial charge on any atom is 0.307 e. The minimum Gasteiger partial charge on any atom is -0.481 e. The lowest BCUT2D eigenvalue weighted by atomic mass is 10.1. The second-order valence-corrected chi connectivity index (χ2v) is 5.11. The van der Waals surface area contributed by atoms with Crippen molar-refractivity contribution in [3.63, 3.8) is 0 Å². The SMILES string of the molecule is CC1(C)[C@H](C(=O)O)[C@H]1c1cccs1. The summed E-state index contributed by atoms with van der Waals surface area (Å²) in [5, 5.41) is 11.0. The average molecular weight is 196 g/mol. The highest BCUT2D eigenvalue weighted by Gasteiger charge is 2.63. The Labute approximate surface area is 81.2 Å². The maximum absolute atomic E-state index is 10.9.